The first-order chi connectivity index (χ1) is 16.8. The molecule has 0 spiro atoms. The molecule has 36 heavy (non-hydrogen) atoms. The minimum absolute atomic E-state index is 0. The number of carbonyl (C=O) groups is 1. The summed E-state index contributed by atoms with van der Waals surface area (Å²) in [6.45, 7) is -2.62. The van der Waals surface area contributed by atoms with Crippen molar-refractivity contribution < 1.29 is 73.9 Å². The van der Waals surface area contributed by atoms with Crippen LogP contribution in [0, 0.1) is 3.57 Å². The van der Waals surface area contributed by atoms with Crippen molar-refractivity contribution in [3.8, 4) is 11.1 Å². The van der Waals surface area contributed by atoms with Crippen molar-refractivity contribution in [1.29, 1.82) is 0 Å². The predicted octanol–water partition coefficient (Wildman–Crippen LogP) is 3.30. The van der Waals surface area contributed by atoms with Gasteiger partial charge in [0.1, 0.15) is 6.61 Å². The molecule has 3 aromatic rings. The van der Waals surface area contributed by atoms with Gasteiger partial charge in [0.15, 0.2) is 0 Å². The van der Waals surface area contributed by atoms with E-state index >= 15 is 0 Å². The molecular formula is C26H24BF3IKN2O2. The molecule has 1 heterocycles. The standard InChI is InChI=1S/C26H24BF3IN2O2.K/c28-27(29,30)16-18-13-19(31)15-20(14-18)32-9-11-33(12-10-32)26(34)35-17-25-23-7-3-1-5-21(23)22-6-2-4-8-24(22)25;/h1-8,13-15,25H,9-12,16-17H2;/q-1;+1. The van der Waals surface area contributed by atoms with Crippen LogP contribution >= 0.6 is 22.6 Å². The van der Waals surface area contributed by atoms with Crippen molar-refractivity contribution in [2.45, 2.75) is 12.2 Å². The molecule has 0 N–H and O–H groups in total. The molecule has 1 amide bonds. The van der Waals surface area contributed by atoms with E-state index in [4.69, 9.17) is 4.74 Å². The maximum Gasteiger partial charge on any atom is 1.00 e. The maximum atomic E-state index is 12.9. The van der Waals surface area contributed by atoms with Crippen LogP contribution in [0.1, 0.15) is 22.6 Å². The van der Waals surface area contributed by atoms with Crippen molar-refractivity contribution >= 4 is 41.3 Å². The fraction of sp³-hybridized carbons (Fsp3) is 0.269. The number of carbonyl (C=O) groups excluding carboxylic acids is 1. The van der Waals surface area contributed by atoms with Gasteiger partial charge in [-0.1, -0.05) is 60.4 Å². The second-order valence-corrected chi connectivity index (χ2v) is 10.3. The minimum atomic E-state index is -4.89. The number of benzene rings is 3. The summed E-state index contributed by atoms with van der Waals surface area (Å²) in [6.07, 6.45) is -1.24. The first-order valence-electron chi connectivity index (χ1n) is 11.6. The zero-order valence-corrected chi connectivity index (χ0v) is 25.3. The molecule has 2 aliphatic rings. The summed E-state index contributed by atoms with van der Waals surface area (Å²) in [5.41, 5.74) is 5.74. The second-order valence-electron chi connectivity index (χ2n) is 9.01. The number of piperazine rings is 1. The molecular weight excluding hydrogens is 606 g/mol. The Balaban J connectivity index is 0.00000304. The summed E-state index contributed by atoms with van der Waals surface area (Å²) in [6, 6.07) is 21.5. The molecule has 5 rings (SSSR count). The Morgan fingerprint density at radius 2 is 1.50 bits per heavy atom. The van der Waals surface area contributed by atoms with E-state index in [0.29, 0.717) is 26.2 Å². The first-order valence-corrected chi connectivity index (χ1v) is 12.7. The van der Waals surface area contributed by atoms with Crippen LogP contribution in [0.25, 0.3) is 11.1 Å². The van der Waals surface area contributed by atoms with Crippen molar-refractivity contribution in [1.82, 2.24) is 4.90 Å². The van der Waals surface area contributed by atoms with Gasteiger partial charge in [-0.15, -0.1) is 0 Å². The van der Waals surface area contributed by atoms with Crippen molar-refractivity contribution in [2.24, 2.45) is 0 Å². The Kier molecular flexibility index (Phi) is 9.15. The van der Waals surface area contributed by atoms with Gasteiger partial charge in [0.2, 0.25) is 0 Å². The Hall–Kier alpha value is -1.05. The Bertz CT molecular complexity index is 1210. The van der Waals surface area contributed by atoms with Crippen LogP contribution in [-0.4, -0.2) is 50.8 Å². The van der Waals surface area contributed by atoms with Gasteiger partial charge >= 0.3 is 64.5 Å². The Morgan fingerprint density at radius 1 is 0.917 bits per heavy atom. The van der Waals surface area contributed by atoms with E-state index in [2.05, 4.69) is 46.9 Å². The number of halogens is 4. The average Bonchev–Trinajstić information content (AvgIpc) is 3.15. The fourth-order valence-corrected chi connectivity index (χ4v) is 5.75. The third-order valence-electron chi connectivity index (χ3n) is 6.65. The van der Waals surface area contributed by atoms with Gasteiger partial charge in [0, 0.05) is 41.4 Å². The van der Waals surface area contributed by atoms with Crippen LogP contribution in [0.3, 0.4) is 0 Å². The predicted molar refractivity (Wildman–Crippen MR) is 141 cm³/mol. The number of nitrogens with zero attached hydrogens (tertiary/aromatic N) is 2. The summed E-state index contributed by atoms with van der Waals surface area (Å²) in [4.78, 5) is 16.6. The SMILES string of the molecule is O=C(OCC1c2ccccc2-c2ccccc21)N1CCN(c2cc(I)cc(C[B-](F)(F)F)c2)CC1.[K+]. The molecule has 1 aliphatic carbocycles. The van der Waals surface area contributed by atoms with E-state index in [1.165, 1.54) is 22.3 Å². The average molecular weight is 630 g/mol. The summed E-state index contributed by atoms with van der Waals surface area (Å²) >= 11 is 2.05. The molecule has 10 heteroatoms. The molecule has 182 valence electrons. The Morgan fingerprint density at radius 3 is 2.08 bits per heavy atom. The Labute approximate surface area is 265 Å². The van der Waals surface area contributed by atoms with Crippen LogP contribution < -0.4 is 56.3 Å². The number of hydrogen-bond acceptors (Lipinski definition) is 3. The van der Waals surface area contributed by atoms with Gasteiger partial charge in [0.25, 0.3) is 0 Å². The van der Waals surface area contributed by atoms with E-state index in [1.54, 1.807) is 17.0 Å². The quantitative estimate of drug-likeness (QED) is 0.321. The molecule has 0 atom stereocenters. The largest absolute Gasteiger partial charge is 1.00 e. The molecule has 0 unspecified atom stereocenters. The smallest absolute Gasteiger partial charge is 0.449 e. The zero-order chi connectivity index (χ0) is 24.6. The minimum Gasteiger partial charge on any atom is -0.449 e. The van der Waals surface area contributed by atoms with Crippen LogP contribution in [0.2, 0.25) is 0 Å². The monoisotopic (exact) mass is 630 g/mol. The van der Waals surface area contributed by atoms with E-state index in [9.17, 15) is 17.7 Å². The molecule has 1 fully saturated rings. The van der Waals surface area contributed by atoms with Gasteiger partial charge in [0.05, 0.1) is 0 Å². The molecule has 0 bridgehead atoms. The third kappa shape index (κ3) is 6.32. The number of amides is 1. The molecule has 4 nitrogen and oxygen atoms in total. The van der Waals surface area contributed by atoms with Crippen LogP contribution in [0.15, 0.2) is 66.7 Å². The van der Waals surface area contributed by atoms with E-state index in [0.717, 1.165) is 9.26 Å². The van der Waals surface area contributed by atoms with Crippen LogP contribution in [-0.2, 0) is 11.1 Å². The summed E-state index contributed by atoms with van der Waals surface area (Å²) in [5, 5.41) is 0. The zero-order valence-electron chi connectivity index (χ0n) is 20.0. The fourth-order valence-electron chi connectivity index (χ4n) is 5.03. The molecule has 3 aromatic carbocycles. The molecule has 0 aromatic heterocycles. The van der Waals surface area contributed by atoms with Crippen LogP contribution in [0.4, 0.5) is 23.4 Å². The third-order valence-corrected chi connectivity index (χ3v) is 7.27. The van der Waals surface area contributed by atoms with Gasteiger partial charge in [-0.2, -0.15) is 0 Å². The number of rotatable bonds is 5. The number of anilines is 1. The van der Waals surface area contributed by atoms with Gasteiger partial charge in [-0.05, 0) is 63.0 Å². The summed E-state index contributed by atoms with van der Waals surface area (Å²) < 4.78 is 45.3. The normalized spacial score (nSPS) is 15.2. The van der Waals surface area contributed by atoms with Gasteiger partial charge in [-0.3, -0.25) is 0 Å². The van der Waals surface area contributed by atoms with E-state index in [-0.39, 0.29) is 75.6 Å². The number of fused-ring (bicyclic) bond motifs is 3. The van der Waals surface area contributed by atoms with Crippen molar-refractivity contribution in [2.75, 3.05) is 37.7 Å². The van der Waals surface area contributed by atoms with Crippen molar-refractivity contribution in [3.63, 3.8) is 0 Å². The second kappa shape index (κ2) is 11.8. The first kappa shape index (κ1) is 28.0. The number of hydrogen-bond donors (Lipinski definition) is 0. The molecule has 0 saturated carbocycles. The van der Waals surface area contributed by atoms with Gasteiger partial charge < -0.3 is 27.5 Å². The molecule has 1 saturated heterocycles. The summed E-state index contributed by atoms with van der Waals surface area (Å²) in [5.74, 6) is 0.00712. The molecule has 0 radical (unpaired) electrons. The van der Waals surface area contributed by atoms with E-state index in [1.807, 2.05) is 35.2 Å². The van der Waals surface area contributed by atoms with E-state index < -0.39 is 13.3 Å². The van der Waals surface area contributed by atoms with Crippen LogP contribution in [0.5, 0.6) is 0 Å². The number of ether oxygens (including phenoxy) is 1. The topological polar surface area (TPSA) is 32.8 Å². The summed E-state index contributed by atoms with van der Waals surface area (Å²) in [7, 11) is 0. The van der Waals surface area contributed by atoms with Crippen molar-refractivity contribution in [3.05, 3.63) is 87.0 Å². The maximum absolute atomic E-state index is 12.9. The van der Waals surface area contributed by atoms with Gasteiger partial charge in [-0.25, -0.2) is 4.79 Å². The molecule has 1 aliphatic heterocycles.